The van der Waals surface area contributed by atoms with Crippen molar-refractivity contribution in [1.82, 2.24) is 9.80 Å². The second kappa shape index (κ2) is 11.4. The van der Waals surface area contributed by atoms with E-state index in [0.717, 1.165) is 56.9 Å². The number of methoxy groups -OCH3 is 1. The average Bonchev–Trinajstić information content (AvgIpc) is 2.86. The van der Waals surface area contributed by atoms with Crippen LogP contribution in [0.1, 0.15) is 48.0 Å². The number of anilines is 1. The summed E-state index contributed by atoms with van der Waals surface area (Å²) in [5, 5.41) is 3.03. The predicted octanol–water partition coefficient (Wildman–Crippen LogP) is 4.14. The van der Waals surface area contributed by atoms with E-state index in [1.54, 1.807) is 36.3 Å². The van der Waals surface area contributed by atoms with Crippen molar-refractivity contribution in [3.05, 3.63) is 59.7 Å². The summed E-state index contributed by atoms with van der Waals surface area (Å²) in [6, 6.07) is 15.5. The number of likely N-dealkylation sites (tertiary alicyclic amines) is 2. The molecule has 182 valence electrons. The van der Waals surface area contributed by atoms with Gasteiger partial charge in [-0.2, -0.15) is 0 Å². The van der Waals surface area contributed by atoms with Gasteiger partial charge in [-0.05, 0) is 86.5 Å². The van der Waals surface area contributed by atoms with E-state index < -0.39 is 0 Å². The fourth-order valence-electron chi connectivity index (χ4n) is 5.19. The molecule has 2 heterocycles. The summed E-state index contributed by atoms with van der Waals surface area (Å²) in [6.45, 7) is 3.77. The monoisotopic (exact) mass is 464 g/mol. The maximum Gasteiger partial charge on any atom is 0.314 e. The van der Waals surface area contributed by atoms with Gasteiger partial charge in [-0.1, -0.05) is 18.6 Å². The molecule has 0 aliphatic carbocycles. The summed E-state index contributed by atoms with van der Waals surface area (Å²) in [4.78, 5) is 28.5. The van der Waals surface area contributed by atoms with Crippen LogP contribution < -0.4 is 15.8 Å². The number of primary amides is 1. The number of urea groups is 1. The van der Waals surface area contributed by atoms with Crippen LogP contribution in [0.2, 0.25) is 0 Å². The molecule has 3 N–H and O–H groups in total. The smallest absolute Gasteiger partial charge is 0.314 e. The number of benzene rings is 2. The number of piperidine rings is 2. The summed E-state index contributed by atoms with van der Waals surface area (Å²) in [5.41, 5.74) is 8.10. The molecular formula is C27H36N4O3. The zero-order valence-electron chi connectivity index (χ0n) is 20.0. The second-order valence-corrected chi connectivity index (χ2v) is 9.50. The highest BCUT2D eigenvalue weighted by Crippen LogP contribution is 2.26. The SMILES string of the molecule is COc1ccc(C(=O)Nc2cccc(C[C@H]3CCCCN3CC3CCN(C(N)=O)CC3)c2)cc1. The van der Waals surface area contributed by atoms with Crippen LogP contribution in [-0.2, 0) is 6.42 Å². The molecule has 2 aromatic rings. The summed E-state index contributed by atoms with van der Waals surface area (Å²) in [6.07, 6.45) is 6.73. The number of ether oxygens (including phenoxy) is 1. The van der Waals surface area contributed by atoms with Gasteiger partial charge in [0.05, 0.1) is 7.11 Å². The highest BCUT2D eigenvalue weighted by molar-refractivity contribution is 6.04. The number of hydrogen-bond donors (Lipinski definition) is 2. The number of rotatable bonds is 7. The van der Waals surface area contributed by atoms with Gasteiger partial charge in [0.25, 0.3) is 5.91 Å². The lowest BCUT2D eigenvalue weighted by atomic mass is 9.91. The number of carbonyl (C=O) groups is 2. The second-order valence-electron chi connectivity index (χ2n) is 9.50. The minimum absolute atomic E-state index is 0.124. The van der Waals surface area contributed by atoms with Crippen LogP contribution in [0.5, 0.6) is 5.75 Å². The van der Waals surface area contributed by atoms with Gasteiger partial charge in [0, 0.05) is 36.9 Å². The minimum atomic E-state index is -0.298. The molecule has 34 heavy (non-hydrogen) atoms. The third-order valence-electron chi connectivity index (χ3n) is 7.18. The fraction of sp³-hybridized carbons (Fsp3) is 0.481. The molecule has 1 atom stereocenters. The van der Waals surface area contributed by atoms with Gasteiger partial charge >= 0.3 is 6.03 Å². The molecule has 3 amide bonds. The van der Waals surface area contributed by atoms with Gasteiger partial charge in [-0.25, -0.2) is 4.79 Å². The normalized spacial score (nSPS) is 19.6. The Morgan fingerprint density at radius 2 is 1.79 bits per heavy atom. The van der Waals surface area contributed by atoms with E-state index in [-0.39, 0.29) is 11.9 Å². The first kappa shape index (κ1) is 24.1. The van der Waals surface area contributed by atoms with E-state index in [4.69, 9.17) is 10.5 Å². The Balaban J connectivity index is 1.35. The summed E-state index contributed by atoms with van der Waals surface area (Å²) in [7, 11) is 1.61. The Labute approximate surface area is 202 Å². The van der Waals surface area contributed by atoms with Crippen LogP contribution in [0.15, 0.2) is 48.5 Å². The molecule has 0 spiro atoms. The van der Waals surface area contributed by atoms with Gasteiger partial charge in [0.15, 0.2) is 0 Å². The van der Waals surface area contributed by atoms with Gasteiger partial charge in [-0.3, -0.25) is 9.69 Å². The maximum atomic E-state index is 12.7. The van der Waals surface area contributed by atoms with Gasteiger partial charge < -0.3 is 20.7 Å². The van der Waals surface area contributed by atoms with Gasteiger partial charge in [0.1, 0.15) is 5.75 Å². The standard InChI is InChI=1S/C27H36N4O3/c1-34-25-10-8-22(9-11-25)26(32)29-23-6-4-5-21(17-23)18-24-7-2-3-14-31(24)19-20-12-15-30(16-13-20)27(28)33/h4-6,8-11,17,20,24H,2-3,7,12-16,18-19H2,1H3,(H2,28,33)(H,29,32)/t24-/m1/s1. The lowest BCUT2D eigenvalue weighted by Gasteiger charge is -2.40. The number of hydrogen-bond acceptors (Lipinski definition) is 4. The molecule has 0 radical (unpaired) electrons. The van der Waals surface area contributed by atoms with E-state index in [1.807, 2.05) is 12.1 Å². The maximum absolute atomic E-state index is 12.7. The van der Waals surface area contributed by atoms with Crippen molar-refractivity contribution in [2.45, 2.75) is 44.6 Å². The van der Waals surface area contributed by atoms with Crippen LogP contribution in [0.25, 0.3) is 0 Å². The molecule has 0 aromatic heterocycles. The number of nitrogens with one attached hydrogen (secondary N) is 1. The van der Waals surface area contributed by atoms with Crippen LogP contribution in [0.3, 0.4) is 0 Å². The number of nitrogens with two attached hydrogens (primary N) is 1. The third-order valence-corrected chi connectivity index (χ3v) is 7.18. The van der Waals surface area contributed by atoms with Gasteiger partial charge in [0.2, 0.25) is 0 Å². The van der Waals surface area contributed by atoms with E-state index in [2.05, 4.69) is 22.3 Å². The predicted molar refractivity (Wildman–Crippen MR) is 134 cm³/mol. The largest absolute Gasteiger partial charge is 0.497 e. The molecular weight excluding hydrogens is 428 g/mol. The number of carbonyl (C=O) groups excluding carboxylic acids is 2. The van der Waals surface area contributed by atoms with Gasteiger partial charge in [-0.15, -0.1) is 0 Å². The quantitative estimate of drug-likeness (QED) is 0.645. The molecule has 2 aliphatic heterocycles. The number of amides is 3. The van der Waals surface area contributed by atoms with Crippen molar-refractivity contribution in [2.24, 2.45) is 11.7 Å². The molecule has 0 saturated carbocycles. The van der Waals surface area contributed by atoms with Crippen LogP contribution >= 0.6 is 0 Å². The van der Waals surface area contributed by atoms with Crippen molar-refractivity contribution in [3.8, 4) is 5.75 Å². The molecule has 0 unspecified atom stereocenters. The first-order valence-corrected chi connectivity index (χ1v) is 12.3. The van der Waals surface area contributed by atoms with Crippen molar-refractivity contribution in [3.63, 3.8) is 0 Å². The van der Waals surface area contributed by atoms with E-state index in [0.29, 0.717) is 17.5 Å². The van der Waals surface area contributed by atoms with Crippen molar-refractivity contribution in [1.29, 1.82) is 0 Å². The molecule has 2 fully saturated rings. The summed E-state index contributed by atoms with van der Waals surface area (Å²) < 4.78 is 5.17. The summed E-state index contributed by atoms with van der Waals surface area (Å²) in [5.74, 6) is 1.22. The highest BCUT2D eigenvalue weighted by Gasteiger charge is 2.28. The van der Waals surface area contributed by atoms with Crippen molar-refractivity contribution >= 4 is 17.6 Å². The van der Waals surface area contributed by atoms with E-state index in [1.165, 1.54) is 24.8 Å². The van der Waals surface area contributed by atoms with Crippen LogP contribution in [-0.4, -0.2) is 61.1 Å². The summed E-state index contributed by atoms with van der Waals surface area (Å²) >= 11 is 0. The molecule has 2 saturated heterocycles. The zero-order chi connectivity index (χ0) is 23.9. The molecule has 7 nitrogen and oxygen atoms in total. The Hall–Kier alpha value is -3.06. The first-order chi connectivity index (χ1) is 16.5. The molecule has 2 aromatic carbocycles. The minimum Gasteiger partial charge on any atom is -0.497 e. The van der Waals surface area contributed by atoms with Crippen LogP contribution in [0, 0.1) is 5.92 Å². The highest BCUT2D eigenvalue weighted by atomic mass is 16.5. The molecule has 4 rings (SSSR count). The Morgan fingerprint density at radius 3 is 2.50 bits per heavy atom. The zero-order valence-corrected chi connectivity index (χ0v) is 20.0. The topological polar surface area (TPSA) is 87.9 Å². The lowest BCUT2D eigenvalue weighted by molar-refractivity contribution is 0.1000. The Morgan fingerprint density at radius 1 is 1.03 bits per heavy atom. The fourth-order valence-corrected chi connectivity index (χ4v) is 5.19. The molecule has 0 bridgehead atoms. The van der Waals surface area contributed by atoms with E-state index in [9.17, 15) is 9.59 Å². The molecule has 7 heteroatoms. The average molecular weight is 465 g/mol. The number of nitrogens with zero attached hydrogens (tertiary/aromatic N) is 2. The Kier molecular flexibility index (Phi) is 8.06. The van der Waals surface area contributed by atoms with Crippen LogP contribution in [0.4, 0.5) is 10.5 Å². The third kappa shape index (κ3) is 6.29. The first-order valence-electron chi connectivity index (χ1n) is 12.3. The Bertz CT molecular complexity index is 970. The van der Waals surface area contributed by atoms with Crippen molar-refractivity contribution in [2.75, 3.05) is 38.6 Å². The molecule has 2 aliphatic rings. The lowest BCUT2D eigenvalue weighted by Crippen LogP contribution is -2.47. The van der Waals surface area contributed by atoms with Crippen molar-refractivity contribution < 1.29 is 14.3 Å². The van der Waals surface area contributed by atoms with E-state index >= 15 is 0 Å².